The third-order valence-corrected chi connectivity index (χ3v) is 3.57. The summed E-state index contributed by atoms with van der Waals surface area (Å²) in [5.74, 6) is -0.774. The van der Waals surface area contributed by atoms with Crippen molar-refractivity contribution in [2.75, 3.05) is 6.61 Å². The van der Waals surface area contributed by atoms with Gasteiger partial charge in [-0.15, -0.1) is 0 Å². The lowest BCUT2D eigenvalue weighted by atomic mass is 9.79. The quantitative estimate of drug-likeness (QED) is 0.680. The van der Waals surface area contributed by atoms with Crippen molar-refractivity contribution in [2.24, 2.45) is 5.41 Å². The van der Waals surface area contributed by atoms with E-state index in [1.807, 2.05) is 37.3 Å². The van der Waals surface area contributed by atoms with Crippen molar-refractivity contribution in [3.8, 4) is 0 Å². The standard InChI is InChI=1S/C16H19NO3/c1-4-20-15(19)16(3)10-11(2)13(17-14(16)18)12-8-6-5-7-9-12/h5-9H,4,10H2,1-3H3,(H,17,18). The Balaban J connectivity index is 2.34. The van der Waals surface area contributed by atoms with Gasteiger partial charge in [-0.05, 0) is 38.3 Å². The molecule has 1 atom stereocenters. The SMILES string of the molecule is CCOC(=O)C1(C)CC(C)=C(c2ccccc2)NC1=O. The summed E-state index contributed by atoms with van der Waals surface area (Å²) in [5, 5.41) is 2.85. The molecule has 0 aromatic heterocycles. The first-order valence-electron chi connectivity index (χ1n) is 6.73. The average Bonchev–Trinajstić information content (AvgIpc) is 2.44. The number of ether oxygens (including phenoxy) is 1. The Bertz CT molecular complexity index is 562. The zero-order chi connectivity index (χ0) is 14.8. The molecule has 1 heterocycles. The number of hydrogen-bond acceptors (Lipinski definition) is 3. The van der Waals surface area contributed by atoms with Gasteiger partial charge in [0.1, 0.15) is 5.41 Å². The zero-order valence-electron chi connectivity index (χ0n) is 12.0. The van der Waals surface area contributed by atoms with Crippen LogP contribution in [-0.2, 0) is 14.3 Å². The molecule has 1 aliphatic heterocycles. The lowest BCUT2D eigenvalue weighted by molar-refractivity contribution is -0.159. The molecule has 0 radical (unpaired) electrons. The zero-order valence-corrected chi connectivity index (χ0v) is 12.0. The second-order valence-corrected chi connectivity index (χ2v) is 5.20. The Morgan fingerprint density at radius 1 is 1.35 bits per heavy atom. The van der Waals surface area contributed by atoms with E-state index in [9.17, 15) is 9.59 Å². The Hall–Kier alpha value is -2.10. The number of hydrogen-bond donors (Lipinski definition) is 1. The first-order chi connectivity index (χ1) is 9.49. The molecule has 1 aromatic carbocycles. The van der Waals surface area contributed by atoms with Crippen molar-refractivity contribution >= 4 is 17.6 Å². The van der Waals surface area contributed by atoms with Gasteiger partial charge < -0.3 is 10.1 Å². The number of rotatable bonds is 3. The molecule has 4 nitrogen and oxygen atoms in total. The predicted octanol–water partition coefficient (Wildman–Crippen LogP) is 2.51. The van der Waals surface area contributed by atoms with E-state index in [1.54, 1.807) is 13.8 Å². The number of carbonyl (C=O) groups excluding carboxylic acids is 2. The van der Waals surface area contributed by atoms with E-state index in [0.717, 1.165) is 16.8 Å². The number of esters is 1. The van der Waals surface area contributed by atoms with Crippen molar-refractivity contribution in [1.29, 1.82) is 0 Å². The summed E-state index contributed by atoms with van der Waals surface area (Å²) in [7, 11) is 0. The van der Waals surface area contributed by atoms with Gasteiger partial charge in [0, 0.05) is 5.70 Å². The second-order valence-electron chi connectivity index (χ2n) is 5.20. The first kappa shape index (κ1) is 14.3. The highest BCUT2D eigenvalue weighted by molar-refractivity contribution is 6.07. The smallest absolute Gasteiger partial charge is 0.321 e. The van der Waals surface area contributed by atoms with Gasteiger partial charge in [0.25, 0.3) is 0 Å². The predicted molar refractivity (Wildman–Crippen MR) is 76.5 cm³/mol. The molecule has 4 heteroatoms. The van der Waals surface area contributed by atoms with Crippen LogP contribution in [0.3, 0.4) is 0 Å². The summed E-state index contributed by atoms with van der Waals surface area (Å²) in [4.78, 5) is 24.3. The molecule has 2 rings (SSSR count). The van der Waals surface area contributed by atoms with Crippen LogP contribution in [0.1, 0.15) is 32.8 Å². The molecule has 20 heavy (non-hydrogen) atoms. The summed E-state index contributed by atoms with van der Waals surface area (Å²) in [5.41, 5.74) is 1.58. The molecule has 1 amide bonds. The largest absolute Gasteiger partial charge is 0.465 e. The molecule has 1 aliphatic rings. The van der Waals surface area contributed by atoms with Crippen LogP contribution in [0, 0.1) is 5.41 Å². The van der Waals surface area contributed by atoms with Crippen LogP contribution in [0.4, 0.5) is 0 Å². The van der Waals surface area contributed by atoms with Crippen molar-refractivity contribution in [1.82, 2.24) is 5.32 Å². The summed E-state index contributed by atoms with van der Waals surface area (Å²) in [6.45, 7) is 5.57. The third-order valence-electron chi connectivity index (χ3n) is 3.57. The fraction of sp³-hybridized carbons (Fsp3) is 0.375. The molecular weight excluding hydrogens is 254 g/mol. The van der Waals surface area contributed by atoms with Gasteiger partial charge in [0.15, 0.2) is 0 Å². The van der Waals surface area contributed by atoms with Gasteiger partial charge in [-0.1, -0.05) is 30.3 Å². The molecule has 106 valence electrons. The van der Waals surface area contributed by atoms with E-state index in [1.165, 1.54) is 0 Å². The summed E-state index contributed by atoms with van der Waals surface area (Å²) in [6.07, 6.45) is 0.377. The molecule has 0 bridgehead atoms. The molecule has 0 saturated heterocycles. The minimum absolute atomic E-state index is 0.274. The van der Waals surface area contributed by atoms with Crippen LogP contribution in [0.15, 0.2) is 35.9 Å². The molecule has 1 aromatic rings. The number of allylic oxidation sites excluding steroid dienone is 1. The third kappa shape index (κ3) is 2.46. The molecule has 1 unspecified atom stereocenters. The highest BCUT2D eigenvalue weighted by atomic mass is 16.5. The number of carbonyl (C=O) groups is 2. The van der Waals surface area contributed by atoms with Crippen molar-refractivity contribution in [2.45, 2.75) is 27.2 Å². The van der Waals surface area contributed by atoms with Crippen molar-refractivity contribution in [3.05, 3.63) is 41.5 Å². The van der Waals surface area contributed by atoms with Crippen molar-refractivity contribution in [3.63, 3.8) is 0 Å². The van der Waals surface area contributed by atoms with E-state index >= 15 is 0 Å². The highest BCUT2D eigenvalue weighted by Crippen LogP contribution is 2.35. The molecule has 0 fully saturated rings. The lowest BCUT2D eigenvalue weighted by Gasteiger charge is -2.32. The van der Waals surface area contributed by atoms with Gasteiger partial charge in [-0.2, -0.15) is 0 Å². The van der Waals surface area contributed by atoms with Crippen LogP contribution < -0.4 is 5.32 Å². The van der Waals surface area contributed by atoms with E-state index in [4.69, 9.17) is 4.74 Å². The average molecular weight is 273 g/mol. The maximum absolute atomic E-state index is 12.3. The first-order valence-corrected chi connectivity index (χ1v) is 6.73. The van der Waals surface area contributed by atoms with E-state index < -0.39 is 11.4 Å². The molecule has 0 spiro atoms. The second kappa shape index (κ2) is 5.49. The van der Waals surface area contributed by atoms with Gasteiger partial charge >= 0.3 is 5.97 Å². The Kier molecular flexibility index (Phi) is 3.93. The maximum atomic E-state index is 12.3. The minimum Gasteiger partial charge on any atom is -0.465 e. The summed E-state index contributed by atoms with van der Waals surface area (Å²) >= 11 is 0. The maximum Gasteiger partial charge on any atom is 0.321 e. The van der Waals surface area contributed by atoms with Gasteiger partial charge in [0.05, 0.1) is 6.61 Å². The number of benzene rings is 1. The van der Waals surface area contributed by atoms with Crippen LogP contribution in [0.25, 0.3) is 5.70 Å². The Morgan fingerprint density at radius 2 is 2.00 bits per heavy atom. The Labute approximate surface area is 118 Å². The van der Waals surface area contributed by atoms with Crippen LogP contribution in [0.2, 0.25) is 0 Å². The number of nitrogens with one attached hydrogen (secondary N) is 1. The van der Waals surface area contributed by atoms with E-state index in [0.29, 0.717) is 6.42 Å². The topological polar surface area (TPSA) is 55.4 Å². The molecule has 1 N–H and O–H groups in total. The molecule has 0 saturated carbocycles. The summed E-state index contributed by atoms with van der Waals surface area (Å²) in [6, 6.07) is 9.63. The normalized spacial score (nSPS) is 22.4. The summed E-state index contributed by atoms with van der Waals surface area (Å²) < 4.78 is 5.02. The fourth-order valence-electron chi connectivity index (χ4n) is 2.44. The number of amides is 1. The van der Waals surface area contributed by atoms with Crippen molar-refractivity contribution < 1.29 is 14.3 Å². The van der Waals surface area contributed by atoms with Gasteiger partial charge in [-0.25, -0.2) is 0 Å². The minimum atomic E-state index is -1.14. The fourth-order valence-corrected chi connectivity index (χ4v) is 2.44. The molecular formula is C16H19NO3. The monoisotopic (exact) mass is 273 g/mol. The van der Waals surface area contributed by atoms with Crippen LogP contribution in [0.5, 0.6) is 0 Å². The van der Waals surface area contributed by atoms with Crippen LogP contribution in [-0.4, -0.2) is 18.5 Å². The van der Waals surface area contributed by atoms with E-state index in [2.05, 4.69) is 5.32 Å². The Morgan fingerprint density at radius 3 is 2.60 bits per heavy atom. The lowest BCUT2D eigenvalue weighted by Crippen LogP contribution is -2.48. The van der Waals surface area contributed by atoms with Gasteiger partial charge in [0.2, 0.25) is 5.91 Å². The molecule has 0 aliphatic carbocycles. The van der Waals surface area contributed by atoms with E-state index in [-0.39, 0.29) is 12.5 Å². The van der Waals surface area contributed by atoms with Crippen LogP contribution >= 0.6 is 0 Å². The van der Waals surface area contributed by atoms with Gasteiger partial charge in [-0.3, -0.25) is 9.59 Å². The highest BCUT2D eigenvalue weighted by Gasteiger charge is 2.46.